The number of para-hydroxylation sites is 1. The topological polar surface area (TPSA) is 50.4 Å². The van der Waals surface area contributed by atoms with Crippen LogP contribution in [-0.4, -0.2) is 20.5 Å². The predicted octanol–water partition coefficient (Wildman–Crippen LogP) is 6.44. The van der Waals surface area contributed by atoms with E-state index in [9.17, 15) is 18.0 Å². The normalized spacial score (nSPS) is 11.7. The van der Waals surface area contributed by atoms with Crippen LogP contribution >= 0.6 is 0 Å². The number of carbonyl (C=O) groups excluding carboxylic acids is 1. The van der Waals surface area contributed by atoms with Crippen LogP contribution in [0.1, 0.15) is 0 Å². The van der Waals surface area contributed by atoms with Crippen molar-refractivity contribution in [3.8, 4) is 16.9 Å². The van der Waals surface area contributed by atoms with E-state index in [0.29, 0.717) is 11.4 Å². The number of hydrogen-bond acceptors (Lipinski definition) is 2. The van der Waals surface area contributed by atoms with Gasteiger partial charge >= 0.3 is 12.4 Å². The minimum atomic E-state index is -4.76. The lowest BCUT2D eigenvalue weighted by molar-refractivity contribution is -0.274. The average Bonchev–Trinajstić information content (AvgIpc) is 2.68. The van der Waals surface area contributed by atoms with Gasteiger partial charge in [-0.2, -0.15) is 0 Å². The highest BCUT2D eigenvalue weighted by Crippen LogP contribution is 2.28. The molecule has 0 atom stereocenters. The smallest absolute Gasteiger partial charge is 0.406 e. The highest BCUT2D eigenvalue weighted by Gasteiger charge is 2.31. The van der Waals surface area contributed by atoms with E-state index < -0.39 is 20.5 Å². The van der Waals surface area contributed by atoms with Gasteiger partial charge in [0.25, 0.3) is 0 Å². The molecule has 0 aliphatic heterocycles. The summed E-state index contributed by atoms with van der Waals surface area (Å²) in [4.78, 5) is 12.4. The van der Waals surface area contributed by atoms with Crippen LogP contribution in [0.4, 0.5) is 29.3 Å². The van der Waals surface area contributed by atoms with Crippen molar-refractivity contribution in [1.82, 2.24) is 0 Å². The molecule has 2 amide bonds. The van der Waals surface area contributed by atoms with Crippen molar-refractivity contribution < 1.29 is 22.7 Å². The summed E-state index contributed by atoms with van der Waals surface area (Å²) in [5.41, 5.74) is 2.81. The second-order valence-electron chi connectivity index (χ2n) is 8.02. The van der Waals surface area contributed by atoms with Gasteiger partial charge in [0.1, 0.15) is 5.75 Å². The highest BCUT2D eigenvalue weighted by molar-refractivity contribution is 6.88. The predicted molar refractivity (Wildman–Crippen MR) is 121 cm³/mol. The van der Waals surface area contributed by atoms with Crippen molar-refractivity contribution in [3.63, 3.8) is 0 Å². The number of rotatable bonds is 5. The first-order valence-electron chi connectivity index (χ1n) is 9.65. The summed E-state index contributed by atoms with van der Waals surface area (Å²) < 4.78 is 40.6. The molecule has 2 N–H and O–H groups in total. The van der Waals surface area contributed by atoms with E-state index in [1.807, 2.05) is 30.3 Å². The molecule has 0 bridgehead atoms. The number of hydrogen-bond donors (Lipinski definition) is 2. The molecule has 0 saturated carbocycles. The maximum absolute atomic E-state index is 12.4. The molecule has 0 fully saturated rings. The molecular weight excluding hydrogens is 421 g/mol. The van der Waals surface area contributed by atoms with Crippen LogP contribution in [0.3, 0.4) is 0 Å². The second kappa shape index (κ2) is 8.85. The Balaban J connectivity index is 1.71. The first-order chi connectivity index (χ1) is 14.5. The Morgan fingerprint density at radius 1 is 0.839 bits per heavy atom. The quantitative estimate of drug-likeness (QED) is 0.445. The van der Waals surface area contributed by atoms with Gasteiger partial charge in [0.2, 0.25) is 0 Å². The summed E-state index contributed by atoms with van der Waals surface area (Å²) in [6.45, 7) is 6.84. The van der Waals surface area contributed by atoms with Crippen molar-refractivity contribution in [2.45, 2.75) is 26.0 Å². The van der Waals surface area contributed by atoms with Gasteiger partial charge in [0.15, 0.2) is 0 Å². The summed E-state index contributed by atoms with van der Waals surface area (Å²) >= 11 is 0. The largest absolute Gasteiger partial charge is 0.573 e. The number of ether oxygens (including phenoxy) is 1. The van der Waals surface area contributed by atoms with Gasteiger partial charge in [-0.25, -0.2) is 4.79 Å². The lowest BCUT2D eigenvalue weighted by Crippen LogP contribution is -2.37. The second-order valence-corrected chi connectivity index (χ2v) is 13.1. The molecule has 0 aromatic heterocycles. The van der Waals surface area contributed by atoms with Crippen LogP contribution in [0, 0.1) is 0 Å². The van der Waals surface area contributed by atoms with Crippen molar-refractivity contribution >= 4 is 30.7 Å². The minimum absolute atomic E-state index is 0.337. The Bertz CT molecular complexity index is 1040. The van der Waals surface area contributed by atoms with Gasteiger partial charge in [-0.15, -0.1) is 13.2 Å². The third-order valence-corrected chi connectivity index (χ3v) is 6.65. The van der Waals surface area contributed by atoms with Crippen LogP contribution < -0.4 is 20.6 Å². The molecule has 3 rings (SSSR count). The SMILES string of the molecule is C[Si](C)(C)c1ccc(-c2ccccc2NC(=O)Nc2ccc(OC(F)(F)F)cc2)cc1. The van der Waals surface area contributed by atoms with Crippen molar-refractivity contribution in [2.24, 2.45) is 0 Å². The zero-order chi connectivity index (χ0) is 22.6. The van der Waals surface area contributed by atoms with E-state index in [0.717, 1.165) is 23.3 Å². The van der Waals surface area contributed by atoms with Crippen LogP contribution in [0.15, 0.2) is 72.8 Å². The fourth-order valence-electron chi connectivity index (χ4n) is 3.02. The number of nitrogens with one attached hydrogen (secondary N) is 2. The van der Waals surface area contributed by atoms with E-state index in [1.165, 1.54) is 17.3 Å². The fourth-order valence-corrected chi connectivity index (χ4v) is 4.18. The third-order valence-electron chi connectivity index (χ3n) is 4.58. The molecule has 3 aromatic carbocycles. The molecule has 0 saturated heterocycles. The molecule has 0 heterocycles. The highest BCUT2D eigenvalue weighted by atomic mass is 28.3. The monoisotopic (exact) mass is 444 g/mol. The molecule has 0 aliphatic carbocycles. The molecule has 0 radical (unpaired) electrons. The van der Waals surface area contributed by atoms with Gasteiger partial charge in [0.05, 0.1) is 13.8 Å². The Hall–Kier alpha value is -3.26. The van der Waals surface area contributed by atoms with E-state index in [2.05, 4.69) is 47.1 Å². The maximum atomic E-state index is 12.4. The molecule has 0 aliphatic rings. The summed E-state index contributed by atoms with van der Waals surface area (Å²) in [5.74, 6) is -0.356. The van der Waals surface area contributed by atoms with E-state index >= 15 is 0 Å². The Morgan fingerprint density at radius 3 is 2.03 bits per heavy atom. The number of alkyl halides is 3. The lowest BCUT2D eigenvalue weighted by atomic mass is 10.0. The van der Waals surface area contributed by atoms with Crippen LogP contribution in [0.2, 0.25) is 19.6 Å². The zero-order valence-electron chi connectivity index (χ0n) is 17.4. The fraction of sp³-hybridized carbons (Fsp3) is 0.174. The van der Waals surface area contributed by atoms with Gasteiger partial charge < -0.3 is 15.4 Å². The summed E-state index contributed by atoms with van der Waals surface area (Å²) in [7, 11) is -1.41. The Kier molecular flexibility index (Phi) is 6.40. The third kappa shape index (κ3) is 6.36. The molecule has 162 valence electrons. The Morgan fingerprint density at radius 2 is 1.45 bits per heavy atom. The lowest BCUT2D eigenvalue weighted by Gasteiger charge is -2.17. The molecule has 4 nitrogen and oxygen atoms in total. The van der Waals surface area contributed by atoms with Crippen molar-refractivity contribution in [1.29, 1.82) is 0 Å². The van der Waals surface area contributed by atoms with Gasteiger partial charge in [-0.1, -0.05) is 67.3 Å². The maximum Gasteiger partial charge on any atom is 0.573 e. The van der Waals surface area contributed by atoms with Gasteiger partial charge in [0, 0.05) is 11.3 Å². The Labute approximate surface area is 180 Å². The molecule has 31 heavy (non-hydrogen) atoms. The van der Waals surface area contributed by atoms with E-state index in [1.54, 1.807) is 6.07 Å². The van der Waals surface area contributed by atoms with Crippen LogP contribution in [0.25, 0.3) is 11.1 Å². The number of urea groups is 1. The molecular formula is C23H23F3N2O2Si. The molecule has 0 unspecified atom stereocenters. The number of carbonyl (C=O) groups is 1. The number of amides is 2. The average molecular weight is 445 g/mol. The van der Waals surface area contributed by atoms with Crippen molar-refractivity contribution in [2.75, 3.05) is 10.6 Å². The summed E-state index contributed by atoms with van der Waals surface area (Å²) in [6.07, 6.45) is -4.76. The number of halogens is 3. The summed E-state index contributed by atoms with van der Waals surface area (Å²) in [5, 5.41) is 6.75. The molecule has 3 aromatic rings. The molecule has 0 spiro atoms. The van der Waals surface area contributed by atoms with Crippen LogP contribution in [0.5, 0.6) is 5.75 Å². The summed E-state index contributed by atoms with van der Waals surface area (Å²) in [6, 6.07) is 20.2. The zero-order valence-corrected chi connectivity index (χ0v) is 18.4. The van der Waals surface area contributed by atoms with Gasteiger partial charge in [-0.3, -0.25) is 0 Å². The van der Waals surface area contributed by atoms with Crippen LogP contribution in [-0.2, 0) is 0 Å². The standard InChI is InChI=1S/C23H23F3N2O2Si/c1-31(2,3)19-14-8-16(9-15-19)20-6-4-5-7-21(20)28-22(29)27-17-10-12-18(13-11-17)30-23(24,25)26/h4-15H,1-3H3,(H2,27,28,29). The first kappa shape index (κ1) is 22.4. The first-order valence-corrected chi connectivity index (χ1v) is 13.1. The minimum Gasteiger partial charge on any atom is -0.406 e. The molecule has 8 heteroatoms. The van der Waals surface area contributed by atoms with E-state index in [-0.39, 0.29) is 5.75 Å². The van der Waals surface area contributed by atoms with E-state index in [4.69, 9.17) is 0 Å². The number of anilines is 2. The van der Waals surface area contributed by atoms with Crippen molar-refractivity contribution in [3.05, 3.63) is 72.8 Å². The number of benzene rings is 3. The van der Waals surface area contributed by atoms with Gasteiger partial charge in [-0.05, 0) is 35.9 Å².